The van der Waals surface area contributed by atoms with Gasteiger partial charge in [-0.2, -0.15) is 0 Å². The molecule has 0 N–H and O–H groups in total. The van der Waals surface area contributed by atoms with Gasteiger partial charge in [0, 0.05) is 29.6 Å². The molecule has 0 fully saturated rings. The maximum atomic E-state index is 5.53. The first kappa shape index (κ1) is 13.7. The van der Waals surface area contributed by atoms with Crippen LogP contribution in [0.2, 0.25) is 0 Å². The predicted octanol–water partition coefficient (Wildman–Crippen LogP) is 4.27. The normalized spacial score (nSPS) is 15.0. The van der Waals surface area contributed by atoms with Crippen LogP contribution in [-0.2, 0) is 19.5 Å². The van der Waals surface area contributed by atoms with Gasteiger partial charge >= 0.3 is 0 Å². The lowest BCUT2D eigenvalue weighted by atomic mass is 10.1. The van der Waals surface area contributed by atoms with Crippen LogP contribution in [-0.4, -0.2) is 16.6 Å². The molecule has 3 nitrogen and oxygen atoms in total. The Bertz CT molecular complexity index is 772. The fourth-order valence-electron chi connectivity index (χ4n) is 2.91. The molecule has 1 aliphatic rings. The molecule has 0 radical (unpaired) electrons. The maximum absolute atomic E-state index is 5.53. The molecule has 0 spiro atoms. The molecule has 22 heavy (non-hydrogen) atoms. The molecule has 0 unspecified atom stereocenters. The van der Waals surface area contributed by atoms with E-state index in [0.29, 0.717) is 0 Å². The Balaban J connectivity index is 1.47. The van der Waals surface area contributed by atoms with Crippen molar-refractivity contribution >= 4 is 11.3 Å². The van der Waals surface area contributed by atoms with Crippen molar-refractivity contribution in [2.45, 2.75) is 26.4 Å². The summed E-state index contributed by atoms with van der Waals surface area (Å²) in [6, 6.07) is 12.7. The van der Waals surface area contributed by atoms with Crippen LogP contribution in [0, 0.1) is 6.92 Å². The Morgan fingerprint density at radius 1 is 1.23 bits per heavy atom. The second-order valence-electron chi connectivity index (χ2n) is 5.87. The van der Waals surface area contributed by atoms with Crippen LogP contribution in [0.3, 0.4) is 0 Å². The van der Waals surface area contributed by atoms with Gasteiger partial charge in [-0.15, -0.1) is 11.3 Å². The molecule has 0 saturated heterocycles. The third-order valence-electron chi connectivity index (χ3n) is 4.17. The van der Waals surface area contributed by atoms with E-state index in [9.17, 15) is 0 Å². The summed E-state index contributed by atoms with van der Waals surface area (Å²) in [6.07, 6.45) is 1.14. The Hall–Kier alpha value is -1.91. The minimum absolute atomic E-state index is 0.828. The number of hydrogen-bond donors (Lipinski definition) is 0. The van der Waals surface area contributed by atoms with E-state index >= 15 is 0 Å². The van der Waals surface area contributed by atoms with Crippen molar-refractivity contribution in [3.05, 3.63) is 63.5 Å². The second kappa shape index (κ2) is 5.71. The van der Waals surface area contributed by atoms with Crippen molar-refractivity contribution in [1.82, 2.24) is 10.1 Å². The molecule has 2 aromatic heterocycles. The van der Waals surface area contributed by atoms with Gasteiger partial charge in [0.05, 0.1) is 6.54 Å². The standard InChI is InChI=1S/C18H18N2OS/c1-13-2-4-14(5-3-13)17-10-16(21-19-17)12-20-8-6-18-15(11-20)7-9-22-18/h2-5,7,9-10H,6,8,11-12H2,1H3. The summed E-state index contributed by atoms with van der Waals surface area (Å²) in [5, 5.41) is 6.41. The third-order valence-corrected chi connectivity index (χ3v) is 5.20. The Morgan fingerprint density at radius 3 is 2.95 bits per heavy atom. The lowest BCUT2D eigenvalue weighted by molar-refractivity contribution is 0.216. The molecule has 0 amide bonds. The Morgan fingerprint density at radius 2 is 2.09 bits per heavy atom. The molecular formula is C18H18N2OS. The van der Waals surface area contributed by atoms with Crippen molar-refractivity contribution in [2.24, 2.45) is 0 Å². The number of aryl methyl sites for hydroxylation is 1. The smallest absolute Gasteiger partial charge is 0.151 e. The highest BCUT2D eigenvalue weighted by molar-refractivity contribution is 7.10. The van der Waals surface area contributed by atoms with Gasteiger partial charge < -0.3 is 4.52 Å². The number of aromatic nitrogens is 1. The fourth-order valence-corrected chi connectivity index (χ4v) is 3.80. The van der Waals surface area contributed by atoms with Gasteiger partial charge in [0.25, 0.3) is 0 Å². The molecule has 112 valence electrons. The molecule has 0 saturated carbocycles. The van der Waals surface area contributed by atoms with Gasteiger partial charge in [-0.05, 0) is 30.4 Å². The summed E-state index contributed by atoms with van der Waals surface area (Å²) >= 11 is 1.87. The van der Waals surface area contributed by atoms with E-state index in [1.807, 2.05) is 11.3 Å². The van der Waals surface area contributed by atoms with Gasteiger partial charge in [-0.25, -0.2) is 0 Å². The van der Waals surface area contributed by atoms with Crippen LogP contribution in [0.15, 0.2) is 46.3 Å². The summed E-state index contributed by atoms with van der Waals surface area (Å²) in [5.41, 5.74) is 4.75. The van der Waals surface area contributed by atoms with Crippen LogP contribution in [0.1, 0.15) is 21.8 Å². The summed E-state index contributed by atoms with van der Waals surface area (Å²) in [7, 11) is 0. The van der Waals surface area contributed by atoms with Gasteiger partial charge in [-0.1, -0.05) is 35.0 Å². The van der Waals surface area contributed by atoms with Crippen LogP contribution >= 0.6 is 11.3 Å². The van der Waals surface area contributed by atoms with E-state index in [1.165, 1.54) is 16.0 Å². The molecule has 3 heterocycles. The lowest BCUT2D eigenvalue weighted by Gasteiger charge is -2.25. The molecule has 0 aliphatic carbocycles. The molecule has 1 aromatic carbocycles. The SMILES string of the molecule is Cc1ccc(-c2cc(CN3CCc4sccc4C3)on2)cc1. The highest BCUT2D eigenvalue weighted by atomic mass is 32.1. The first-order valence-corrected chi connectivity index (χ1v) is 8.46. The van der Waals surface area contributed by atoms with Crippen molar-refractivity contribution < 1.29 is 4.52 Å². The van der Waals surface area contributed by atoms with E-state index in [-0.39, 0.29) is 0 Å². The highest BCUT2D eigenvalue weighted by Gasteiger charge is 2.18. The second-order valence-corrected chi connectivity index (χ2v) is 6.87. The Kier molecular flexibility index (Phi) is 3.56. The quantitative estimate of drug-likeness (QED) is 0.723. The zero-order valence-electron chi connectivity index (χ0n) is 12.6. The first-order chi connectivity index (χ1) is 10.8. The van der Waals surface area contributed by atoms with Gasteiger partial charge in [-0.3, -0.25) is 4.90 Å². The molecule has 0 bridgehead atoms. The van der Waals surface area contributed by atoms with E-state index in [4.69, 9.17) is 4.52 Å². The number of thiophene rings is 1. The average molecular weight is 310 g/mol. The van der Waals surface area contributed by atoms with E-state index < -0.39 is 0 Å². The third kappa shape index (κ3) is 2.72. The highest BCUT2D eigenvalue weighted by Crippen LogP contribution is 2.26. The van der Waals surface area contributed by atoms with E-state index in [1.54, 1.807) is 0 Å². The minimum Gasteiger partial charge on any atom is -0.359 e. The largest absolute Gasteiger partial charge is 0.359 e. The number of nitrogens with zero attached hydrogens (tertiary/aromatic N) is 2. The fraction of sp³-hybridized carbons (Fsp3) is 0.278. The van der Waals surface area contributed by atoms with E-state index in [0.717, 1.165) is 43.1 Å². The van der Waals surface area contributed by atoms with Crippen LogP contribution < -0.4 is 0 Å². The predicted molar refractivity (Wildman–Crippen MR) is 88.8 cm³/mol. The molecule has 1 aliphatic heterocycles. The summed E-state index contributed by atoms with van der Waals surface area (Å²) in [6.45, 7) is 5.02. The zero-order chi connectivity index (χ0) is 14.9. The van der Waals surface area contributed by atoms with Gasteiger partial charge in [0.1, 0.15) is 5.69 Å². The lowest BCUT2D eigenvalue weighted by Crippen LogP contribution is -2.28. The van der Waals surface area contributed by atoms with Gasteiger partial charge in [0.2, 0.25) is 0 Å². The zero-order valence-corrected chi connectivity index (χ0v) is 13.4. The van der Waals surface area contributed by atoms with Crippen molar-refractivity contribution in [1.29, 1.82) is 0 Å². The van der Waals surface area contributed by atoms with Crippen molar-refractivity contribution in [3.63, 3.8) is 0 Å². The summed E-state index contributed by atoms with van der Waals surface area (Å²) < 4.78 is 5.53. The molecule has 4 heteroatoms. The van der Waals surface area contributed by atoms with Crippen molar-refractivity contribution in [2.75, 3.05) is 6.54 Å². The topological polar surface area (TPSA) is 29.3 Å². The molecular weight excluding hydrogens is 292 g/mol. The van der Waals surface area contributed by atoms with E-state index in [2.05, 4.69) is 58.8 Å². The Labute approximate surface area is 134 Å². The van der Waals surface area contributed by atoms with Crippen molar-refractivity contribution in [3.8, 4) is 11.3 Å². The molecule has 0 atom stereocenters. The summed E-state index contributed by atoms with van der Waals surface area (Å²) in [5.74, 6) is 0.939. The van der Waals surface area contributed by atoms with Crippen LogP contribution in [0.4, 0.5) is 0 Å². The monoisotopic (exact) mass is 310 g/mol. The molecule has 4 rings (SSSR count). The minimum atomic E-state index is 0.828. The number of hydrogen-bond acceptors (Lipinski definition) is 4. The first-order valence-electron chi connectivity index (χ1n) is 7.58. The average Bonchev–Trinajstić information content (AvgIpc) is 3.17. The number of fused-ring (bicyclic) bond motifs is 1. The summed E-state index contributed by atoms with van der Waals surface area (Å²) in [4.78, 5) is 3.96. The number of benzene rings is 1. The molecule has 3 aromatic rings. The van der Waals surface area contributed by atoms with Crippen LogP contribution in [0.5, 0.6) is 0 Å². The van der Waals surface area contributed by atoms with Crippen LogP contribution in [0.25, 0.3) is 11.3 Å². The van der Waals surface area contributed by atoms with Gasteiger partial charge in [0.15, 0.2) is 5.76 Å². The number of rotatable bonds is 3. The maximum Gasteiger partial charge on any atom is 0.151 e.